The van der Waals surface area contributed by atoms with Crippen molar-refractivity contribution in [1.82, 2.24) is 16.1 Å². The van der Waals surface area contributed by atoms with Crippen LogP contribution in [0.3, 0.4) is 0 Å². The van der Waals surface area contributed by atoms with Gasteiger partial charge in [-0.2, -0.15) is 0 Å². The number of nitrogens with one attached hydrogen (secondary N) is 4. The SMILES string of the molecule is C/C=C(/CCCCNC(=NC)NN)NC(C)=NC(=N)N. The summed E-state index contributed by atoms with van der Waals surface area (Å²) in [6, 6.07) is 0. The Kier molecular flexibility index (Phi) is 9.67. The molecule has 0 spiro atoms. The van der Waals surface area contributed by atoms with Gasteiger partial charge in [-0.25, -0.2) is 10.8 Å². The Hall–Kier alpha value is -2.09. The van der Waals surface area contributed by atoms with Gasteiger partial charge in [0, 0.05) is 19.3 Å². The highest BCUT2D eigenvalue weighted by molar-refractivity contribution is 5.93. The molecule has 0 saturated heterocycles. The van der Waals surface area contributed by atoms with Crippen LogP contribution in [0, 0.1) is 5.41 Å². The lowest BCUT2D eigenvalue weighted by Gasteiger charge is -2.11. The number of hydrogen-bond donors (Lipinski definition) is 6. The molecule has 0 radical (unpaired) electrons. The maximum atomic E-state index is 7.09. The Balaban J connectivity index is 3.96. The minimum Gasteiger partial charge on any atom is -0.368 e. The highest BCUT2D eigenvalue weighted by atomic mass is 15.3. The fraction of sp³-hybridized carbons (Fsp3) is 0.583. The number of allylic oxidation sites excluding steroid dienone is 2. The van der Waals surface area contributed by atoms with Gasteiger partial charge in [-0.1, -0.05) is 6.08 Å². The number of unbranched alkanes of at least 4 members (excludes halogenated alkanes) is 1. The van der Waals surface area contributed by atoms with E-state index in [2.05, 4.69) is 26.0 Å². The average molecular weight is 282 g/mol. The second-order valence-corrected chi connectivity index (χ2v) is 4.12. The minimum absolute atomic E-state index is 0.199. The number of guanidine groups is 2. The summed E-state index contributed by atoms with van der Waals surface area (Å²) in [7, 11) is 1.67. The Morgan fingerprint density at radius 3 is 2.55 bits per heavy atom. The highest BCUT2D eigenvalue weighted by Gasteiger charge is 1.99. The molecule has 0 rings (SSSR count). The number of hydrogen-bond acceptors (Lipinski definition) is 3. The molecular weight excluding hydrogens is 256 g/mol. The van der Waals surface area contributed by atoms with Crippen molar-refractivity contribution in [3.63, 3.8) is 0 Å². The van der Waals surface area contributed by atoms with E-state index in [1.165, 1.54) is 0 Å². The van der Waals surface area contributed by atoms with Crippen molar-refractivity contribution in [2.24, 2.45) is 21.6 Å². The van der Waals surface area contributed by atoms with Crippen molar-refractivity contribution in [2.45, 2.75) is 33.1 Å². The van der Waals surface area contributed by atoms with E-state index in [4.69, 9.17) is 17.0 Å². The largest absolute Gasteiger partial charge is 0.368 e. The van der Waals surface area contributed by atoms with Crippen LogP contribution in [0.15, 0.2) is 21.8 Å². The van der Waals surface area contributed by atoms with Gasteiger partial charge < -0.3 is 16.4 Å². The maximum Gasteiger partial charge on any atom is 0.214 e. The number of nitrogens with zero attached hydrogens (tertiary/aromatic N) is 2. The third-order valence-corrected chi connectivity index (χ3v) is 2.50. The Morgan fingerprint density at radius 2 is 2.05 bits per heavy atom. The number of rotatable bonds is 6. The molecule has 0 aliphatic rings. The van der Waals surface area contributed by atoms with E-state index in [0.29, 0.717) is 11.8 Å². The van der Waals surface area contributed by atoms with Gasteiger partial charge in [0.25, 0.3) is 0 Å². The lowest BCUT2D eigenvalue weighted by atomic mass is 10.2. The van der Waals surface area contributed by atoms with E-state index in [1.807, 2.05) is 13.0 Å². The molecule has 0 saturated carbocycles. The molecule has 0 unspecified atom stereocenters. The topological polar surface area (TPSA) is 137 Å². The van der Waals surface area contributed by atoms with Crippen LogP contribution in [0.1, 0.15) is 33.1 Å². The van der Waals surface area contributed by atoms with Gasteiger partial charge in [0.1, 0.15) is 5.84 Å². The number of aliphatic imine (C=N–C) groups is 2. The molecule has 8 heteroatoms. The molecule has 0 atom stereocenters. The van der Waals surface area contributed by atoms with Gasteiger partial charge in [-0.3, -0.25) is 15.8 Å². The Morgan fingerprint density at radius 1 is 1.35 bits per heavy atom. The van der Waals surface area contributed by atoms with Crippen molar-refractivity contribution in [3.05, 3.63) is 11.8 Å². The predicted molar refractivity (Wildman–Crippen MR) is 84.5 cm³/mol. The van der Waals surface area contributed by atoms with Gasteiger partial charge in [-0.15, -0.1) is 0 Å². The average Bonchev–Trinajstić information content (AvgIpc) is 2.40. The van der Waals surface area contributed by atoms with Crippen LogP contribution in [-0.4, -0.2) is 31.3 Å². The minimum atomic E-state index is -0.199. The molecule has 0 aromatic heterocycles. The summed E-state index contributed by atoms with van der Waals surface area (Å²) >= 11 is 0. The number of hydrazine groups is 1. The molecule has 8 nitrogen and oxygen atoms in total. The molecule has 20 heavy (non-hydrogen) atoms. The molecule has 8 N–H and O–H groups in total. The van der Waals surface area contributed by atoms with Crippen molar-refractivity contribution >= 4 is 17.8 Å². The van der Waals surface area contributed by atoms with Crippen LogP contribution in [-0.2, 0) is 0 Å². The van der Waals surface area contributed by atoms with Gasteiger partial charge in [0.15, 0.2) is 0 Å². The standard InChI is InChI=1S/C12H26N8/c1-4-10(18-9(2)19-11(13)14)7-5-6-8-17-12(16-3)20-15/h4H,5-8,15H2,1-3H3,(H2,16,17,20)(H4,13,14,18,19)/b10-4-. The van der Waals surface area contributed by atoms with Crippen molar-refractivity contribution in [3.8, 4) is 0 Å². The van der Waals surface area contributed by atoms with E-state index in [0.717, 1.165) is 31.5 Å². The summed E-state index contributed by atoms with van der Waals surface area (Å²) in [6.07, 6.45) is 4.89. The first kappa shape index (κ1) is 17.9. The lowest BCUT2D eigenvalue weighted by Crippen LogP contribution is -2.41. The molecular formula is C12H26N8. The number of amidine groups is 1. The van der Waals surface area contributed by atoms with Crippen molar-refractivity contribution in [2.75, 3.05) is 13.6 Å². The highest BCUT2D eigenvalue weighted by Crippen LogP contribution is 2.04. The zero-order chi connectivity index (χ0) is 15.4. The summed E-state index contributed by atoms with van der Waals surface area (Å²) in [5, 5.41) is 13.3. The van der Waals surface area contributed by atoms with Crippen molar-refractivity contribution < 1.29 is 0 Å². The zero-order valence-corrected chi connectivity index (χ0v) is 12.5. The van der Waals surface area contributed by atoms with Crippen LogP contribution < -0.4 is 27.6 Å². The smallest absolute Gasteiger partial charge is 0.214 e. The molecule has 0 aromatic rings. The first-order chi connectivity index (χ1) is 9.53. The van der Waals surface area contributed by atoms with E-state index in [9.17, 15) is 0 Å². The fourth-order valence-corrected chi connectivity index (χ4v) is 1.56. The van der Waals surface area contributed by atoms with Gasteiger partial charge in [0.05, 0.1) is 0 Å². The van der Waals surface area contributed by atoms with E-state index >= 15 is 0 Å². The maximum absolute atomic E-state index is 7.09. The Labute approximate surface area is 120 Å². The van der Waals surface area contributed by atoms with Crippen LogP contribution in [0.2, 0.25) is 0 Å². The van der Waals surface area contributed by atoms with Crippen LogP contribution >= 0.6 is 0 Å². The normalized spacial score (nSPS) is 13.1. The summed E-state index contributed by atoms with van der Waals surface area (Å²) in [6.45, 7) is 4.54. The molecule has 0 aliphatic carbocycles. The van der Waals surface area contributed by atoms with Crippen LogP contribution in [0.25, 0.3) is 0 Å². The summed E-state index contributed by atoms with van der Waals surface area (Å²) in [4.78, 5) is 7.75. The summed E-state index contributed by atoms with van der Waals surface area (Å²) < 4.78 is 0. The second kappa shape index (κ2) is 10.8. The fourth-order valence-electron chi connectivity index (χ4n) is 1.56. The first-order valence-electron chi connectivity index (χ1n) is 6.52. The predicted octanol–water partition coefficient (Wildman–Crippen LogP) is 0.000670. The molecule has 0 aliphatic heterocycles. The first-order valence-corrected chi connectivity index (χ1v) is 6.52. The second-order valence-electron chi connectivity index (χ2n) is 4.12. The van der Waals surface area contributed by atoms with Crippen LogP contribution in [0.5, 0.6) is 0 Å². The quantitative estimate of drug-likeness (QED) is 0.134. The third kappa shape index (κ3) is 8.92. The molecule has 0 heterocycles. The lowest BCUT2D eigenvalue weighted by molar-refractivity contribution is 0.684. The zero-order valence-electron chi connectivity index (χ0n) is 12.5. The molecule has 0 fully saturated rings. The molecule has 0 amide bonds. The number of nitrogens with two attached hydrogens (primary N) is 2. The van der Waals surface area contributed by atoms with E-state index in [-0.39, 0.29) is 5.96 Å². The molecule has 0 bridgehead atoms. The molecule has 114 valence electrons. The summed E-state index contributed by atoms with van der Waals surface area (Å²) in [5.74, 6) is 6.26. The van der Waals surface area contributed by atoms with Crippen LogP contribution in [0.4, 0.5) is 0 Å². The third-order valence-electron chi connectivity index (χ3n) is 2.50. The monoisotopic (exact) mass is 282 g/mol. The van der Waals surface area contributed by atoms with E-state index < -0.39 is 0 Å². The van der Waals surface area contributed by atoms with Gasteiger partial charge in [0.2, 0.25) is 11.9 Å². The summed E-state index contributed by atoms with van der Waals surface area (Å²) in [5.41, 5.74) is 8.74. The van der Waals surface area contributed by atoms with E-state index in [1.54, 1.807) is 14.0 Å². The molecule has 0 aromatic carbocycles. The van der Waals surface area contributed by atoms with Gasteiger partial charge >= 0.3 is 0 Å². The van der Waals surface area contributed by atoms with Crippen molar-refractivity contribution in [1.29, 1.82) is 5.41 Å². The Bertz CT molecular complexity index is 383. The van der Waals surface area contributed by atoms with Gasteiger partial charge in [-0.05, 0) is 33.1 Å².